The largest absolute Gasteiger partial charge is 0.198 e. The molecule has 1 aliphatic rings. The predicted molar refractivity (Wildman–Crippen MR) is 71.2 cm³/mol. The van der Waals surface area contributed by atoms with E-state index in [2.05, 4.69) is 30.4 Å². The van der Waals surface area contributed by atoms with Gasteiger partial charge in [-0.1, -0.05) is 61.7 Å². The Balaban J connectivity index is 2.00. The third-order valence-corrected chi connectivity index (χ3v) is 3.60. The van der Waals surface area contributed by atoms with Gasteiger partial charge in [0.1, 0.15) is 0 Å². The molecule has 2 rings (SSSR count). The van der Waals surface area contributed by atoms with Crippen LogP contribution in [-0.2, 0) is 0 Å². The molecule has 0 spiro atoms. The lowest BCUT2D eigenvalue weighted by Gasteiger charge is -2.23. The van der Waals surface area contributed by atoms with Crippen molar-refractivity contribution in [2.45, 2.75) is 32.1 Å². The Morgan fingerprint density at radius 3 is 2.47 bits per heavy atom. The van der Waals surface area contributed by atoms with E-state index >= 15 is 0 Å². The molecule has 1 atom stereocenters. The van der Waals surface area contributed by atoms with Crippen LogP contribution in [0.5, 0.6) is 0 Å². The van der Waals surface area contributed by atoms with E-state index < -0.39 is 0 Å². The molecular weight excluding hydrogens is 206 g/mol. The van der Waals surface area contributed by atoms with Crippen LogP contribution in [0, 0.1) is 23.2 Å². The van der Waals surface area contributed by atoms with Gasteiger partial charge < -0.3 is 0 Å². The van der Waals surface area contributed by atoms with E-state index in [1.54, 1.807) is 0 Å². The van der Waals surface area contributed by atoms with E-state index in [0.29, 0.717) is 5.92 Å². The highest BCUT2D eigenvalue weighted by molar-refractivity contribution is 5.49. The van der Waals surface area contributed by atoms with Crippen LogP contribution >= 0.6 is 0 Å². The lowest BCUT2D eigenvalue weighted by Crippen LogP contribution is -2.14. The Morgan fingerprint density at radius 2 is 1.82 bits per heavy atom. The second kappa shape index (κ2) is 6.25. The monoisotopic (exact) mass is 225 g/mol. The summed E-state index contributed by atoms with van der Waals surface area (Å²) in [7, 11) is 0. The molecule has 1 saturated carbocycles. The van der Waals surface area contributed by atoms with Crippen LogP contribution < -0.4 is 0 Å². The van der Waals surface area contributed by atoms with Crippen molar-refractivity contribution in [2.24, 2.45) is 11.8 Å². The maximum Gasteiger partial charge on any atom is 0.0700 e. The topological polar surface area (TPSA) is 23.8 Å². The third-order valence-electron chi connectivity index (χ3n) is 3.60. The van der Waals surface area contributed by atoms with Crippen molar-refractivity contribution in [1.82, 2.24) is 0 Å². The zero-order valence-electron chi connectivity index (χ0n) is 10.2. The normalized spacial score (nSPS) is 19.0. The average molecular weight is 225 g/mol. The molecule has 1 aromatic rings. The molecule has 88 valence electrons. The summed E-state index contributed by atoms with van der Waals surface area (Å²) in [5, 5.41) is 9.26. The highest BCUT2D eigenvalue weighted by Gasteiger charge is 2.20. The summed E-state index contributed by atoms with van der Waals surface area (Å²) in [6.07, 6.45) is 10.5. The summed E-state index contributed by atoms with van der Waals surface area (Å²) in [6, 6.07) is 12.7. The molecule has 1 fully saturated rings. The van der Waals surface area contributed by atoms with E-state index in [-0.39, 0.29) is 5.92 Å². The van der Waals surface area contributed by atoms with Gasteiger partial charge in [-0.2, -0.15) is 5.26 Å². The fraction of sp³-hybridized carbons (Fsp3) is 0.438. The number of hydrogen-bond acceptors (Lipinski definition) is 1. The molecular formula is C16H19N. The molecule has 0 amide bonds. The van der Waals surface area contributed by atoms with Crippen LogP contribution in [0.25, 0.3) is 6.08 Å². The Labute approximate surface area is 104 Å². The summed E-state index contributed by atoms with van der Waals surface area (Å²) in [4.78, 5) is 0. The molecule has 0 radical (unpaired) electrons. The fourth-order valence-electron chi connectivity index (χ4n) is 2.58. The van der Waals surface area contributed by atoms with E-state index in [0.717, 1.165) is 0 Å². The molecule has 0 saturated heterocycles. The minimum atomic E-state index is 0.0931. The summed E-state index contributed by atoms with van der Waals surface area (Å²) in [6.45, 7) is 0. The van der Waals surface area contributed by atoms with Crippen molar-refractivity contribution < 1.29 is 0 Å². The summed E-state index contributed by atoms with van der Waals surface area (Å²) in [5.41, 5.74) is 1.18. The van der Waals surface area contributed by atoms with Gasteiger partial charge in [0, 0.05) is 0 Å². The second-order valence-corrected chi connectivity index (χ2v) is 4.82. The molecule has 1 aromatic carbocycles. The minimum absolute atomic E-state index is 0.0931. The van der Waals surface area contributed by atoms with Gasteiger partial charge in [-0.25, -0.2) is 0 Å². The smallest absolute Gasteiger partial charge is 0.0700 e. The first kappa shape index (κ1) is 11.9. The van der Waals surface area contributed by atoms with Crippen molar-refractivity contribution in [3.63, 3.8) is 0 Å². The van der Waals surface area contributed by atoms with Crippen LogP contribution in [0.1, 0.15) is 37.7 Å². The predicted octanol–water partition coefficient (Wildman–Crippen LogP) is 4.42. The molecule has 0 aromatic heterocycles. The van der Waals surface area contributed by atoms with Crippen molar-refractivity contribution in [1.29, 1.82) is 5.26 Å². The first-order valence-electron chi connectivity index (χ1n) is 6.53. The first-order valence-corrected chi connectivity index (χ1v) is 6.53. The van der Waals surface area contributed by atoms with Crippen LogP contribution in [0.15, 0.2) is 36.4 Å². The summed E-state index contributed by atoms with van der Waals surface area (Å²) >= 11 is 0. The number of hydrogen-bond donors (Lipinski definition) is 0. The highest BCUT2D eigenvalue weighted by atomic mass is 14.3. The Hall–Kier alpha value is -1.55. The van der Waals surface area contributed by atoms with Crippen LogP contribution in [0.3, 0.4) is 0 Å². The number of benzene rings is 1. The van der Waals surface area contributed by atoms with E-state index in [9.17, 15) is 5.26 Å². The van der Waals surface area contributed by atoms with Gasteiger partial charge in [0.05, 0.1) is 12.0 Å². The van der Waals surface area contributed by atoms with Gasteiger partial charge in [-0.15, -0.1) is 0 Å². The van der Waals surface area contributed by atoms with Crippen LogP contribution in [0.2, 0.25) is 0 Å². The SMILES string of the molecule is N#CC(/C=C/c1ccccc1)C1CCCCC1. The van der Waals surface area contributed by atoms with Gasteiger partial charge in [-0.05, 0) is 24.3 Å². The number of nitrogens with zero attached hydrogens (tertiary/aromatic N) is 1. The first-order chi connectivity index (χ1) is 8.40. The Morgan fingerprint density at radius 1 is 1.12 bits per heavy atom. The van der Waals surface area contributed by atoms with E-state index in [1.165, 1.54) is 37.7 Å². The summed E-state index contributed by atoms with van der Waals surface area (Å²) in [5.74, 6) is 0.671. The maximum absolute atomic E-state index is 9.26. The molecule has 1 unspecified atom stereocenters. The van der Waals surface area contributed by atoms with Gasteiger partial charge in [0.2, 0.25) is 0 Å². The van der Waals surface area contributed by atoms with Crippen molar-refractivity contribution in [3.8, 4) is 6.07 Å². The Kier molecular flexibility index (Phi) is 4.38. The molecule has 1 nitrogen and oxygen atoms in total. The lowest BCUT2D eigenvalue weighted by molar-refractivity contribution is 0.323. The number of allylic oxidation sites excluding steroid dienone is 1. The average Bonchev–Trinajstić information content (AvgIpc) is 2.42. The molecule has 0 N–H and O–H groups in total. The molecule has 1 aliphatic carbocycles. The zero-order valence-corrected chi connectivity index (χ0v) is 10.2. The highest BCUT2D eigenvalue weighted by Crippen LogP contribution is 2.30. The molecule has 17 heavy (non-hydrogen) atoms. The minimum Gasteiger partial charge on any atom is -0.198 e. The van der Waals surface area contributed by atoms with E-state index in [1.807, 2.05) is 18.2 Å². The molecule has 1 heteroatoms. The third kappa shape index (κ3) is 3.46. The Bertz CT molecular complexity index is 393. The van der Waals surface area contributed by atoms with Gasteiger partial charge >= 0.3 is 0 Å². The standard InChI is InChI=1S/C16H19N/c17-13-16(15-9-5-2-6-10-15)12-11-14-7-3-1-4-8-14/h1,3-4,7-8,11-12,15-16H,2,5-6,9-10H2/b12-11+. The van der Waals surface area contributed by atoms with Gasteiger partial charge in [-0.3, -0.25) is 0 Å². The van der Waals surface area contributed by atoms with E-state index in [4.69, 9.17) is 0 Å². The molecule has 0 aliphatic heterocycles. The number of nitriles is 1. The zero-order chi connectivity index (χ0) is 11.9. The second-order valence-electron chi connectivity index (χ2n) is 4.82. The molecule has 0 bridgehead atoms. The van der Waals surface area contributed by atoms with Crippen LogP contribution in [0.4, 0.5) is 0 Å². The number of rotatable bonds is 3. The maximum atomic E-state index is 9.26. The lowest BCUT2D eigenvalue weighted by atomic mass is 9.80. The molecule has 0 heterocycles. The quantitative estimate of drug-likeness (QED) is 0.747. The van der Waals surface area contributed by atoms with Gasteiger partial charge in [0.25, 0.3) is 0 Å². The van der Waals surface area contributed by atoms with Crippen molar-refractivity contribution in [2.75, 3.05) is 0 Å². The fourth-order valence-corrected chi connectivity index (χ4v) is 2.58. The van der Waals surface area contributed by atoms with Gasteiger partial charge in [0.15, 0.2) is 0 Å². The summed E-state index contributed by atoms with van der Waals surface area (Å²) < 4.78 is 0. The van der Waals surface area contributed by atoms with Crippen molar-refractivity contribution >= 4 is 6.08 Å². The van der Waals surface area contributed by atoms with Crippen LogP contribution in [-0.4, -0.2) is 0 Å². The van der Waals surface area contributed by atoms with Crippen molar-refractivity contribution in [3.05, 3.63) is 42.0 Å².